The number of rotatable bonds is 2. The Morgan fingerprint density at radius 1 is 1.14 bits per heavy atom. The van der Waals surface area contributed by atoms with Crippen molar-refractivity contribution in [2.24, 2.45) is 0 Å². The highest BCUT2D eigenvalue weighted by Crippen LogP contribution is 2.13. The summed E-state index contributed by atoms with van der Waals surface area (Å²) in [5.41, 5.74) is 0.573. The first kappa shape index (κ1) is 9.03. The summed E-state index contributed by atoms with van der Waals surface area (Å²) in [6, 6.07) is 10.0. The van der Waals surface area contributed by atoms with E-state index in [4.69, 9.17) is 16.0 Å². The minimum absolute atomic E-state index is 0.133. The van der Waals surface area contributed by atoms with Crippen molar-refractivity contribution in [3.63, 3.8) is 0 Å². The summed E-state index contributed by atoms with van der Waals surface area (Å²) in [6.45, 7) is 0. The maximum absolute atomic E-state index is 11.7. The molecule has 0 saturated heterocycles. The molecular weight excluding hydrogens is 200 g/mol. The average molecular weight is 207 g/mol. The lowest BCUT2D eigenvalue weighted by Crippen LogP contribution is -1.98. The Hall–Kier alpha value is -1.54. The molecular formula is C11H7ClO2. The fourth-order valence-corrected chi connectivity index (χ4v) is 1.28. The Kier molecular flexibility index (Phi) is 2.37. The molecule has 14 heavy (non-hydrogen) atoms. The second kappa shape index (κ2) is 3.68. The third-order valence-electron chi connectivity index (χ3n) is 1.85. The number of furan rings is 1. The van der Waals surface area contributed by atoms with Crippen molar-refractivity contribution < 1.29 is 9.21 Å². The van der Waals surface area contributed by atoms with E-state index in [9.17, 15) is 4.79 Å². The summed E-state index contributed by atoms with van der Waals surface area (Å²) in [5.74, 6) is 0.207. The first-order valence-corrected chi connectivity index (χ1v) is 4.49. The number of carbonyl (C=O) groups excluding carboxylic acids is 1. The summed E-state index contributed by atoms with van der Waals surface area (Å²) >= 11 is 5.71. The van der Waals surface area contributed by atoms with Crippen LogP contribution in [0.15, 0.2) is 47.1 Å². The number of hydrogen-bond acceptors (Lipinski definition) is 2. The largest absolute Gasteiger partial charge is 0.461 e. The van der Waals surface area contributed by atoms with E-state index in [1.54, 1.807) is 36.4 Å². The van der Waals surface area contributed by atoms with Gasteiger partial charge >= 0.3 is 0 Å². The number of halogens is 1. The van der Waals surface area contributed by atoms with Gasteiger partial charge in [-0.15, -0.1) is 0 Å². The van der Waals surface area contributed by atoms with E-state index in [-0.39, 0.29) is 5.78 Å². The monoisotopic (exact) mass is 206 g/mol. The normalized spacial score (nSPS) is 10.1. The van der Waals surface area contributed by atoms with Crippen LogP contribution in [0.2, 0.25) is 5.02 Å². The highest BCUT2D eigenvalue weighted by Gasteiger charge is 2.10. The van der Waals surface area contributed by atoms with Crippen LogP contribution in [0.5, 0.6) is 0 Å². The average Bonchev–Trinajstić information content (AvgIpc) is 2.71. The van der Waals surface area contributed by atoms with Crippen LogP contribution in [0.1, 0.15) is 16.1 Å². The molecule has 0 atom stereocenters. The summed E-state index contributed by atoms with van der Waals surface area (Å²) in [5, 5.41) is 0.612. The van der Waals surface area contributed by atoms with Gasteiger partial charge in [-0.05, 0) is 36.4 Å². The van der Waals surface area contributed by atoms with Gasteiger partial charge in [0.1, 0.15) is 0 Å². The van der Waals surface area contributed by atoms with E-state index in [2.05, 4.69) is 0 Å². The number of benzene rings is 1. The van der Waals surface area contributed by atoms with E-state index >= 15 is 0 Å². The highest BCUT2D eigenvalue weighted by atomic mass is 35.5. The van der Waals surface area contributed by atoms with E-state index in [0.29, 0.717) is 16.3 Å². The fourth-order valence-electron chi connectivity index (χ4n) is 1.15. The third-order valence-corrected chi connectivity index (χ3v) is 2.10. The predicted octanol–water partition coefficient (Wildman–Crippen LogP) is 3.16. The Morgan fingerprint density at radius 3 is 2.43 bits per heavy atom. The van der Waals surface area contributed by atoms with E-state index < -0.39 is 0 Å². The molecule has 70 valence electrons. The first-order valence-electron chi connectivity index (χ1n) is 4.11. The van der Waals surface area contributed by atoms with Crippen LogP contribution >= 0.6 is 11.6 Å². The molecule has 1 heterocycles. The number of carbonyl (C=O) groups is 1. The molecule has 0 N–H and O–H groups in total. The Labute approximate surface area is 86.1 Å². The van der Waals surface area contributed by atoms with E-state index in [1.807, 2.05) is 0 Å². The van der Waals surface area contributed by atoms with Crippen molar-refractivity contribution in [3.8, 4) is 0 Å². The van der Waals surface area contributed by atoms with Crippen molar-refractivity contribution in [2.75, 3.05) is 0 Å². The summed E-state index contributed by atoms with van der Waals surface area (Å²) in [6.07, 6.45) is 1.48. The molecule has 0 unspecified atom stereocenters. The summed E-state index contributed by atoms with van der Waals surface area (Å²) < 4.78 is 5.00. The molecule has 2 aromatic rings. The maximum atomic E-state index is 11.7. The zero-order chi connectivity index (χ0) is 9.97. The predicted molar refractivity (Wildman–Crippen MR) is 53.6 cm³/mol. The summed E-state index contributed by atoms with van der Waals surface area (Å²) in [4.78, 5) is 11.7. The molecule has 2 rings (SSSR count). The lowest BCUT2D eigenvalue weighted by atomic mass is 10.1. The molecule has 0 spiro atoms. The van der Waals surface area contributed by atoms with Crippen molar-refractivity contribution >= 4 is 17.4 Å². The van der Waals surface area contributed by atoms with Gasteiger partial charge in [-0.2, -0.15) is 0 Å². The molecule has 0 aliphatic rings. The SMILES string of the molecule is O=C(c1ccc(Cl)cc1)c1ccco1. The fraction of sp³-hybridized carbons (Fsp3) is 0. The van der Waals surface area contributed by atoms with Crippen LogP contribution in [0.3, 0.4) is 0 Å². The van der Waals surface area contributed by atoms with Gasteiger partial charge in [-0.25, -0.2) is 0 Å². The molecule has 0 fully saturated rings. The van der Waals surface area contributed by atoms with Gasteiger partial charge in [0.15, 0.2) is 5.76 Å². The van der Waals surface area contributed by atoms with Crippen LogP contribution < -0.4 is 0 Å². The smallest absolute Gasteiger partial charge is 0.228 e. The molecule has 0 saturated carbocycles. The second-order valence-electron chi connectivity index (χ2n) is 2.81. The molecule has 0 radical (unpaired) electrons. The topological polar surface area (TPSA) is 30.2 Å². The highest BCUT2D eigenvalue weighted by molar-refractivity contribution is 6.30. The van der Waals surface area contributed by atoms with Crippen molar-refractivity contribution in [2.45, 2.75) is 0 Å². The van der Waals surface area contributed by atoms with E-state index in [1.165, 1.54) is 6.26 Å². The third kappa shape index (κ3) is 1.70. The van der Waals surface area contributed by atoms with Crippen molar-refractivity contribution in [1.82, 2.24) is 0 Å². The number of hydrogen-bond donors (Lipinski definition) is 0. The number of ketones is 1. The molecule has 2 nitrogen and oxygen atoms in total. The Bertz CT molecular complexity index is 429. The lowest BCUT2D eigenvalue weighted by Gasteiger charge is -1.96. The zero-order valence-electron chi connectivity index (χ0n) is 7.24. The Morgan fingerprint density at radius 2 is 1.86 bits per heavy atom. The second-order valence-corrected chi connectivity index (χ2v) is 3.25. The molecule has 1 aromatic carbocycles. The minimum Gasteiger partial charge on any atom is -0.461 e. The summed E-state index contributed by atoms with van der Waals surface area (Å²) in [7, 11) is 0. The van der Waals surface area contributed by atoms with Crippen LogP contribution in [0, 0.1) is 0 Å². The van der Waals surface area contributed by atoms with Gasteiger partial charge in [0, 0.05) is 10.6 Å². The first-order chi connectivity index (χ1) is 6.77. The Balaban J connectivity index is 2.33. The van der Waals surface area contributed by atoms with Crippen LogP contribution in [0.25, 0.3) is 0 Å². The van der Waals surface area contributed by atoms with Crippen LogP contribution in [0.4, 0.5) is 0 Å². The van der Waals surface area contributed by atoms with Gasteiger partial charge in [-0.1, -0.05) is 11.6 Å². The molecule has 0 aliphatic heterocycles. The van der Waals surface area contributed by atoms with Gasteiger partial charge < -0.3 is 4.42 Å². The van der Waals surface area contributed by atoms with Gasteiger partial charge in [0.2, 0.25) is 5.78 Å². The molecule has 3 heteroatoms. The van der Waals surface area contributed by atoms with Crippen LogP contribution in [-0.2, 0) is 0 Å². The standard InChI is InChI=1S/C11H7ClO2/c12-9-5-3-8(4-6-9)11(13)10-2-1-7-14-10/h1-7H. The molecule has 0 aliphatic carbocycles. The zero-order valence-corrected chi connectivity index (χ0v) is 7.99. The van der Waals surface area contributed by atoms with Crippen molar-refractivity contribution in [1.29, 1.82) is 0 Å². The molecule has 0 amide bonds. The molecule has 0 bridgehead atoms. The van der Waals surface area contributed by atoms with Gasteiger partial charge in [0.25, 0.3) is 0 Å². The molecule has 1 aromatic heterocycles. The quantitative estimate of drug-likeness (QED) is 0.707. The van der Waals surface area contributed by atoms with Crippen molar-refractivity contribution in [3.05, 3.63) is 59.0 Å². The minimum atomic E-state index is -0.133. The van der Waals surface area contributed by atoms with Gasteiger partial charge in [0.05, 0.1) is 6.26 Å². The van der Waals surface area contributed by atoms with Crippen LogP contribution in [-0.4, -0.2) is 5.78 Å². The maximum Gasteiger partial charge on any atom is 0.228 e. The van der Waals surface area contributed by atoms with Gasteiger partial charge in [-0.3, -0.25) is 4.79 Å². The van der Waals surface area contributed by atoms with E-state index in [0.717, 1.165) is 0 Å². The lowest BCUT2D eigenvalue weighted by molar-refractivity contribution is 0.101.